The van der Waals surface area contributed by atoms with Crippen LogP contribution in [0.4, 0.5) is 0 Å². The lowest BCUT2D eigenvalue weighted by Gasteiger charge is -2.19. The molecule has 2 aromatic carbocycles. The lowest BCUT2D eigenvalue weighted by Crippen LogP contribution is -2.21. The second kappa shape index (κ2) is 9.33. The van der Waals surface area contributed by atoms with Crippen LogP contribution in [0.5, 0.6) is 0 Å². The molecule has 7 heteroatoms. The van der Waals surface area contributed by atoms with E-state index in [0.29, 0.717) is 5.56 Å². The summed E-state index contributed by atoms with van der Waals surface area (Å²) in [7, 11) is 0. The van der Waals surface area contributed by atoms with Crippen LogP contribution in [-0.4, -0.2) is 24.0 Å². The monoisotopic (exact) mass is 340 g/mol. The molecule has 0 bridgehead atoms. The summed E-state index contributed by atoms with van der Waals surface area (Å²) in [6.45, 7) is -0.268. The number of aliphatic hydroxyl groups excluding tert-OH is 1. The average molecular weight is 340 g/mol. The molecule has 0 aliphatic heterocycles. The summed E-state index contributed by atoms with van der Waals surface area (Å²) in [5.74, 6) is 9.07. The number of benzene rings is 2. The zero-order valence-corrected chi connectivity index (χ0v) is 13.5. The standard InChI is InChI=1S/C18H20N4O3/c19-22-12-21-17(15(11-23)13-7-3-1-4-8-13)16(18(24)25-20)14-9-5-2-6-10-14/h1-10,12,15,23H,11,19-20H2,(H,21,22). The van der Waals surface area contributed by atoms with Gasteiger partial charge in [-0.1, -0.05) is 60.7 Å². The fourth-order valence-corrected chi connectivity index (χ4v) is 2.50. The summed E-state index contributed by atoms with van der Waals surface area (Å²) in [4.78, 5) is 21.0. The van der Waals surface area contributed by atoms with Crippen LogP contribution in [0.25, 0.3) is 5.57 Å². The van der Waals surface area contributed by atoms with Gasteiger partial charge < -0.3 is 15.4 Å². The molecular formula is C18H20N4O3. The minimum absolute atomic E-state index is 0.150. The van der Waals surface area contributed by atoms with Gasteiger partial charge in [0.1, 0.15) is 6.34 Å². The molecule has 0 saturated carbocycles. The Balaban J connectivity index is 2.71. The minimum Gasteiger partial charge on any atom is -0.395 e. The Labute approximate surface area is 145 Å². The Morgan fingerprint density at radius 1 is 1.16 bits per heavy atom. The van der Waals surface area contributed by atoms with Crippen LogP contribution in [0.15, 0.2) is 71.4 Å². The van der Waals surface area contributed by atoms with Crippen LogP contribution in [0.2, 0.25) is 0 Å². The van der Waals surface area contributed by atoms with E-state index >= 15 is 0 Å². The maximum Gasteiger partial charge on any atom is 0.359 e. The van der Waals surface area contributed by atoms with Gasteiger partial charge in [0.05, 0.1) is 23.8 Å². The third-order valence-electron chi connectivity index (χ3n) is 3.62. The van der Waals surface area contributed by atoms with Gasteiger partial charge in [-0.3, -0.25) is 0 Å². The highest BCUT2D eigenvalue weighted by Gasteiger charge is 2.25. The van der Waals surface area contributed by atoms with Crippen molar-refractivity contribution < 1.29 is 14.7 Å². The Morgan fingerprint density at radius 2 is 1.76 bits per heavy atom. The molecular weight excluding hydrogens is 320 g/mol. The Morgan fingerprint density at radius 3 is 2.28 bits per heavy atom. The van der Waals surface area contributed by atoms with E-state index in [9.17, 15) is 9.90 Å². The first-order valence-corrected chi connectivity index (χ1v) is 7.58. The molecule has 0 radical (unpaired) electrons. The molecule has 2 rings (SSSR count). The SMILES string of the molecule is NNC=NC(=C(C(=O)ON)c1ccccc1)C(CO)c1ccccc1. The van der Waals surface area contributed by atoms with Crippen molar-refractivity contribution in [2.24, 2.45) is 16.7 Å². The lowest BCUT2D eigenvalue weighted by molar-refractivity contribution is -0.137. The predicted octanol–water partition coefficient (Wildman–Crippen LogP) is 1.08. The van der Waals surface area contributed by atoms with Crippen molar-refractivity contribution >= 4 is 17.9 Å². The number of nitrogens with zero attached hydrogens (tertiary/aromatic N) is 1. The summed E-state index contributed by atoms with van der Waals surface area (Å²) >= 11 is 0. The molecule has 0 saturated heterocycles. The fraction of sp³-hybridized carbons (Fsp3) is 0.111. The average Bonchev–Trinajstić information content (AvgIpc) is 2.68. The van der Waals surface area contributed by atoms with Crippen LogP contribution < -0.4 is 17.2 Å². The molecule has 1 unspecified atom stereocenters. The van der Waals surface area contributed by atoms with E-state index in [0.717, 1.165) is 5.56 Å². The number of carbonyl (C=O) groups excluding carboxylic acids is 1. The molecule has 0 heterocycles. The predicted molar refractivity (Wildman–Crippen MR) is 95.7 cm³/mol. The first-order valence-electron chi connectivity index (χ1n) is 7.58. The largest absolute Gasteiger partial charge is 0.395 e. The number of hydrogen-bond acceptors (Lipinski definition) is 6. The smallest absolute Gasteiger partial charge is 0.359 e. The number of nitrogens with two attached hydrogens (primary N) is 2. The molecule has 0 amide bonds. The first kappa shape index (κ1) is 18.3. The van der Waals surface area contributed by atoms with Crippen LogP contribution in [-0.2, 0) is 9.63 Å². The van der Waals surface area contributed by atoms with Gasteiger partial charge in [0, 0.05) is 0 Å². The van der Waals surface area contributed by atoms with Crippen LogP contribution >= 0.6 is 0 Å². The highest BCUT2D eigenvalue weighted by molar-refractivity contribution is 6.17. The van der Waals surface area contributed by atoms with Crippen molar-refractivity contribution in [2.75, 3.05) is 6.61 Å². The zero-order valence-electron chi connectivity index (χ0n) is 13.5. The molecule has 0 fully saturated rings. The van der Waals surface area contributed by atoms with E-state index in [1.165, 1.54) is 6.34 Å². The highest BCUT2D eigenvalue weighted by Crippen LogP contribution is 2.32. The maximum atomic E-state index is 12.4. The molecule has 130 valence electrons. The van der Waals surface area contributed by atoms with Crippen molar-refractivity contribution in [2.45, 2.75) is 5.92 Å². The number of hydrogen-bond donors (Lipinski definition) is 4. The van der Waals surface area contributed by atoms with E-state index < -0.39 is 11.9 Å². The molecule has 0 spiro atoms. The molecule has 25 heavy (non-hydrogen) atoms. The second-order valence-electron chi connectivity index (χ2n) is 5.10. The molecule has 7 nitrogen and oxygen atoms in total. The van der Waals surface area contributed by atoms with Gasteiger partial charge in [0.15, 0.2) is 0 Å². The Bertz CT molecular complexity index is 745. The maximum absolute atomic E-state index is 12.4. The van der Waals surface area contributed by atoms with Gasteiger partial charge in [0.25, 0.3) is 0 Å². The topological polar surface area (TPSA) is 123 Å². The van der Waals surface area contributed by atoms with Crippen molar-refractivity contribution in [3.8, 4) is 0 Å². The van der Waals surface area contributed by atoms with Crippen molar-refractivity contribution in [3.63, 3.8) is 0 Å². The lowest BCUT2D eigenvalue weighted by atomic mass is 9.91. The van der Waals surface area contributed by atoms with Gasteiger partial charge in [-0.15, -0.1) is 0 Å². The van der Waals surface area contributed by atoms with Crippen LogP contribution in [0, 0.1) is 0 Å². The zero-order chi connectivity index (χ0) is 18.1. The summed E-state index contributed by atoms with van der Waals surface area (Å²) < 4.78 is 0. The van der Waals surface area contributed by atoms with Crippen molar-refractivity contribution in [3.05, 3.63) is 77.5 Å². The number of carbonyl (C=O) groups is 1. The molecule has 2 aromatic rings. The summed E-state index contributed by atoms with van der Waals surface area (Å²) in [6.07, 6.45) is 1.23. The molecule has 1 atom stereocenters. The van der Waals surface area contributed by atoms with E-state index in [1.807, 2.05) is 36.4 Å². The van der Waals surface area contributed by atoms with Gasteiger partial charge in [-0.05, 0) is 11.1 Å². The van der Waals surface area contributed by atoms with E-state index in [-0.39, 0.29) is 17.9 Å². The molecule has 0 aromatic heterocycles. The van der Waals surface area contributed by atoms with Gasteiger partial charge >= 0.3 is 5.97 Å². The summed E-state index contributed by atoms with van der Waals surface area (Å²) in [5.41, 5.74) is 4.09. The minimum atomic E-state index is -0.759. The number of aliphatic imine (C=N–C) groups is 1. The summed E-state index contributed by atoms with van der Waals surface area (Å²) in [6, 6.07) is 18.0. The number of hydrazine groups is 1. The third-order valence-corrected chi connectivity index (χ3v) is 3.62. The van der Waals surface area contributed by atoms with E-state index in [1.54, 1.807) is 24.3 Å². The Hall–Kier alpha value is -3.00. The normalized spacial score (nSPS) is 13.2. The number of rotatable bonds is 7. The van der Waals surface area contributed by atoms with E-state index in [4.69, 9.17) is 11.7 Å². The molecule has 6 N–H and O–H groups in total. The van der Waals surface area contributed by atoms with Gasteiger partial charge in [-0.25, -0.2) is 15.6 Å². The number of aliphatic hydroxyl groups is 1. The quantitative estimate of drug-likeness (QED) is 0.197. The fourth-order valence-electron chi connectivity index (χ4n) is 2.50. The van der Waals surface area contributed by atoms with Gasteiger partial charge in [0.2, 0.25) is 0 Å². The van der Waals surface area contributed by atoms with Crippen LogP contribution in [0.1, 0.15) is 17.0 Å². The Kier molecular flexibility index (Phi) is 6.85. The number of nitrogens with one attached hydrogen (secondary N) is 1. The first-order chi connectivity index (χ1) is 12.2. The second-order valence-corrected chi connectivity index (χ2v) is 5.10. The van der Waals surface area contributed by atoms with Crippen molar-refractivity contribution in [1.29, 1.82) is 0 Å². The highest BCUT2D eigenvalue weighted by atomic mass is 16.7. The summed E-state index contributed by atoms with van der Waals surface area (Å²) in [5, 5.41) is 9.96. The third kappa shape index (κ3) is 4.51. The van der Waals surface area contributed by atoms with Crippen molar-refractivity contribution in [1.82, 2.24) is 5.43 Å². The molecule has 0 aliphatic carbocycles. The molecule has 0 aliphatic rings. The van der Waals surface area contributed by atoms with Crippen LogP contribution in [0.3, 0.4) is 0 Å². The van der Waals surface area contributed by atoms with E-state index in [2.05, 4.69) is 15.3 Å². The van der Waals surface area contributed by atoms with Gasteiger partial charge in [-0.2, -0.15) is 5.90 Å².